The quantitative estimate of drug-likeness (QED) is 0.794. The van der Waals surface area contributed by atoms with E-state index < -0.39 is 5.82 Å². The predicted molar refractivity (Wildman–Crippen MR) is 94.8 cm³/mol. The number of nitrogens with one attached hydrogen (secondary N) is 1. The van der Waals surface area contributed by atoms with Crippen LogP contribution in [0.25, 0.3) is 5.69 Å². The third kappa shape index (κ3) is 3.50. The predicted octanol–water partition coefficient (Wildman–Crippen LogP) is 3.03. The maximum absolute atomic E-state index is 14.2. The van der Waals surface area contributed by atoms with Crippen molar-refractivity contribution >= 4 is 17.3 Å². The van der Waals surface area contributed by atoms with Gasteiger partial charge in [0.25, 0.3) is 5.91 Å². The Kier molecular flexibility index (Phi) is 4.47. The fourth-order valence-electron chi connectivity index (χ4n) is 2.60. The van der Waals surface area contributed by atoms with Crippen molar-refractivity contribution in [2.24, 2.45) is 0 Å². The number of halogens is 1. The molecule has 0 bridgehead atoms. The molecular weight excluding hydrogens is 321 g/mol. The smallest absolute Gasteiger partial charge is 0.255 e. The molecule has 3 aromatic rings. The molecule has 1 aromatic heterocycles. The number of rotatable bonds is 4. The lowest BCUT2D eigenvalue weighted by atomic mass is 10.1. The molecule has 1 amide bonds. The van der Waals surface area contributed by atoms with E-state index in [4.69, 9.17) is 0 Å². The summed E-state index contributed by atoms with van der Waals surface area (Å²) in [4.78, 5) is 18.2. The van der Waals surface area contributed by atoms with Crippen LogP contribution in [0.5, 0.6) is 0 Å². The zero-order chi connectivity index (χ0) is 18.0. The molecule has 0 aliphatic rings. The minimum Gasteiger partial charge on any atom is -0.377 e. The monoisotopic (exact) mass is 339 g/mol. The first-order valence-corrected chi connectivity index (χ1v) is 7.69. The minimum atomic E-state index is -0.544. The van der Waals surface area contributed by atoms with Gasteiger partial charge in [0, 0.05) is 31.0 Å². The number of nitrogens with zero attached hydrogens (tertiary/aromatic N) is 4. The van der Waals surface area contributed by atoms with Crippen molar-refractivity contribution in [2.45, 2.75) is 6.92 Å². The SMILES string of the molecule is Cc1cc(NC(=O)c2ccc(-n3cncn3)c(F)c2)ccc1N(C)C. The van der Waals surface area contributed by atoms with E-state index in [0.29, 0.717) is 5.69 Å². The molecule has 3 rings (SSSR count). The van der Waals surface area contributed by atoms with Crippen molar-refractivity contribution in [1.29, 1.82) is 0 Å². The Morgan fingerprint density at radius 3 is 2.60 bits per heavy atom. The summed E-state index contributed by atoms with van der Waals surface area (Å²) in [6.45, 7) is 1.97. The van der Waals surface area contributed by atoms with Gasteiger partial charge in [0.15, 0.2) is 0 Å². The Hall–Kier alpha value is -3.22. The van der Waals surface area contributed by atoms with Crippen molar-refractivity contribution in [3.63, 3.8) is 0 Å². The minimum absolute atomic E-state index is 0.232. The summed E-state index contributed by atoms with van der Waals surface area (Å²) in [6.07, 6.45) is 2.72. The van der Waals surface area contributed by atoms with Gasteiger partial charge in [-0.2, -0.15) is 5.10 Å². The average molecular weight is 339 g/mol. The standard InChI is InChI=1S/C18H18FN5O/c1-12-8-14(5-7-16(12)23(2)3)22-18(25)13-4-6-17(15(19)9-13)24-11-20-10-21-24/h4-11H,1-3H3,(H,22,25). The van der Waals surface area contributed by atoms with E-state index in [1.807, 2.05) is 44.1 Å². The van der Waals surface area contributed by atoms with Crippen LogP contribution in [0.3, 0.4) is 0 Å². The van der Waals surface area contributed by atoms with Gasteiger partial charge in [-0.15, -0.1) is 0 Å². The molecule has 6 nitrogen and oxygen atoms in total. The van der Waals surface area contributed by atoms with Crippen LogP contribution in [0.2, 0.25) is 0 Å². The van der Waals surface area contributed by atoms with E-state index in [2.05, 4.69) is 15.4 Å². The molecule has 25 heavy (non-hydrogen) atoms. The second kappa shape index (κ2) is 6.72. The lowest BCUT2D eigenvalue weighted by molar-refractivity contribution is 0.102. The van der Waals surface area contributed by atoms with Gasteiger partial charge in [0.05, 0.1) is 0 Å². The zero-order valence-electron chi connectivity index (χ0n) is 14.2. The fraction of sp³-hybridized carbons (Fsp3) is 0.167. The van der Waals surface area contributed by atoms with Gasteiger partial charge >= 0.3 is 0 Å². The highest BCUT2D eigenvalue weighted by molar-refractivity contribution is 6.04. The molecule has 0 radical (unpaired) electrons. The van der Waals surface area contributed by atoms with Crippen molar-refractivity contribution < 1.29 is 9.18 Å². The molecule has 2 aromatic carbocycles. The highest BCUT2D eigenvalue weighted by atomic mass is 19.1. The van der Waals surface area contributed by atoms with E-state index in [0.717, 1.165) is 11.3 Å². The van der Waals surface area contributed by atoms with E-state index in [1.165, 1.54) is 29.5 Å². The fourth-order valence-corrected chi connectivity index (χ4v) is 2.60. The highest BCUT2D eigenvalue weighted by Gasteiger charge is 2.12. The third-order valence-electron chi connectivity index (χ3n) is 3.81. The number of aromatic nitrogens is 3. The van der Waals surface area contributed by atoms with Crippen LogP contribution >= 0.6 is 0 Å². The Morgan fingerprint density at radius 1 is 1.20 bits per heavy atom. The van der Waals surface area contributed by atoms with Gasteiger partial charge in [0.1, 0.15) is 24.2 Å². The summed E-state index contributed by atoms with van der Waals surface area (Å²) in [7, 11) is 3.92. The van der Waals surface area contributed by atoms with Crippen LogP contribution in [0.1, 0.15) is 15.9 Å². The van der Waals surface area contributed by atoms with Gasteiger partial charge in [-0.05, 0) is 48.9 Å². The molecule has 0 spiro atoms. The molecule has 0 aliphatic heterocycles. The van der Waals surface area contributed by atoms with Crippen LogP contribution in [-0.4, -0.2) is 34.8 Å². The normalized spacial score (nSPS) is 10.6. The number of aryl methyl sites for hydroxylation is 1. The van der Waals surface area contributed by atoms with Crippen molar-refractivity contribution in [1.82, 2.24) is 14.8 Å². The number of benzene rings is 2. The van der Waals surface area contributed by atoms with Crippen LogP contribution in [-0.2, 0) is 0 Å². The second-order valence-corrected chi connectivity index (χ2v) is 5.86. The summed E-state index contributed by atoms with van der Waals surface area (Å²) in [5, 5.41) is 6.67. The van der Waals surface area contributed by atoms with E-state index in [9.17, 15) is 9.18 Å². The molecule has 0 fully saturated rings. The lowest BCUT2D eigenvalue weighted by Crippen LogP contribution is -2.14. The summed E-state index contributed by atoms with van der Waals surface area (Å²) in [5.41, 5.74) is 3.24. The molecule has 1 heterocycles. The summed E-state index contributed by atoms with van der Waals surface area (Å²) >= 11 is 0. The Balaban J connectivity index is 1.80. The number of anilines is 2. The third-order valence-corrected chi connectivity index (χ3v) is 3.81. The molecule has 1 N–H and O–H groups in total. The van der Waals surface area contributed by atoms with Crippen LogP contribution in [0.4, 0.5) is 15.8 Å². The number of amides is 1. The van der Waals surface area contributed by atoms with E-state index in [1.54, 1.807) is 6.07 Å². The van der Waals surface area contributed by atoms with Crippen LogP contribution < -0.4 is 10.2 Å². The van der Waals surface area contributed by atoms with Crippen molar-refractivity contribution in [3.05, 3.63) is 66.0 Å². The zero-order valence-corrected chi connectivity index (χ0v) is 14.2. The molecule has 7 heteroatoms. The first-order chi connectivity index (χ1) is 12.0. The Morgan fingerprint density at radius 2 is 2.00 bits per heavy atom. The van der Waals surface area contributed by atoms with Gasteiger partial charge < -0.3 is 10.2 Å². The van der Waals surface area contributed by atoms with Gasteiger partial charge in [0.2, 0.25) is 0 Å². The summed E-state index contributed by atoms with van der Waals surface area (Å²) in [6, 6.07) is 9.87. The second-order valence-electron chi connectivity index (χ2n) is 5.86. The lowest BCUT2D eigenvalue weighted by Gasteiger charge is -2.16. The topological polar surface area (TPSA) is 63.1 Å². The number of hydrogen-bond donors (Lipinski definition) is 1. The molecule has 0 saturated carbocycles. The molecular formula is C18H18FN5O. The highest BCUT2D eigenvalue weighted by Crippen LogP contribution is 2.22. The summed E-state index contributed by atoms with van der Waals surface area (Å²) in [5.74, 6) is -0.918. The van der Waals surface area contributed by atoms with Gasteiger partial charge in [-0.1, -0.05) is 0 Å². The van der Waals surface area contributed by atoms with E-state index in [-0.39, 0.29) is 17.2 Å². The maximum Gasteiger partial charge on any atom is 0.255 e. The average Bonchev–Trinajstić information content (AvgIpc) is 3.08. The molecule has 0 saturated heterocycles. The van der Waals surface area contributed by atoms with Crippen LogP contribution in [0, 0.1) is 12.7 Å². The Bertz CT molecular complexity index is 906. The van der Waals surface area contributed by atoms with Gasteiger partial charge in [-0.25, -0.2) is 14.1 Å². The molecule has 128 valence electrons. The first-order valence-electron chi connectivity index (χ1n) is 7.69. The molecule has 0 unspecified atom stereocenters. The maximum atomic E-state index is 14.2. The Labute approximate surface area is 144 Å². The van der Waals surface area contributed by atoms with Crippen molar-refractivity contribution in [2.75, 3.05) is 24.3 Å². The van der Waals surface area contributed by atoms with Crippen LogP contribution in [0.15, 0.2) is 49.1 Å². The van der Waals surface area contributed by atoms with Gasteiger partial charge in [-0.3, -0.25) is 4.79 Å². The molecule has 0 aliphatic carbocycles. The van der Waals surface area contributed by atoms with Crippen molar-refractivity contribution in [3.8, 4) is 5.69 Å². The first kappa shape index (κ1) is 16.6. The molecule has 0 atom stereocenters. The largest absolute Gasteiger partial charge is 0.377 e. The number of carbonyl (C=O) groups excluding carboxylic acids is 1. The summed E-state index contributed by atoms with van der Waals surface area (Å²) < 4.78 is 15.6. The van der Waals surface area contributed by atoms with E-state index >= 15 is 0 Å². The number of carbonyl (C=O) groups is 1. The number of hydrogen-bond acceptors (Lipinski definition) is 4.